The van der Waals surface area contributed by atoms with Crippen LogP contribution in [0, 0.1) is 5.92 Å². The topological polar surface area (TPSA) is 87.7 Å². The fourth-order valence-corrected chi connectivity index (χ4v) is 3.51. The molecule has 31 heavy (non-hydrogen) atoms. The Hall–Kier alpha value is -1.99. The summed E-state index contributed by atoms with van der Waals surface area (Å²) in [5.74, 6) is -0.412. The van der Waals surface area contributed by atoms with Gasteiger partial charge >= 0.3 is 5.97 Å². The van der Waals surface area contributed by atoms with Crippen LogP contribution < -0.4 is 15.5 Å². The number of carbonyl (C=O) groups excluding carboxylic acids is 3. The van der Waals surface area contributed by atoms with E-state index in [1.54, 1.807) is 6.92 Å². The second-order valence-electron chi connectivity index (χ2n) is 7.47. The number of rotatable bonds is 13. The van der Waals surface area contributed by atoms with E-state index in [1.165, 1.54) is 6.92 Å². The van der Waals surface area contributed by atoms with E-state index in [2.05, 4.69) is 15.5 Å². The Kier molecular flexibility index (Phi) is 12.3. The molecule has 0 spiro atoms. The molecule has 2 N–H and O–H groups in total. The number of esters is 1. The van der Waals surface area contributed by atoms with Gasteiger partial charge in [-0.1, -0.05) is 26.0 Å². The number of halogens is 2. The van der Waals surface area contributed by atoms with Crippen LogP contribution in [0.3, 0.4) is 0 Å². The maximum absolute atomic E-state index is 12.8. The molecule has 1 aromatic rings. The third-order valence-electron chi connectivity index (χ3n) is 4.65. The van der Waals surface area contributed by atoms with Crippen LogP contribution in [0.15, 0.2) is 24.3 Å². The van der Waals surface area contributed by atoms with Crippen LogP contribution in [-0.4, -0.2) is 61.3 Å². The first-order valence-corrected chi connectivity index (χ1v) is 11.5. The van der Waals surface area contributed by atoms with Crippen molar-refractivity contribution in [3.8, 4) is 0 Å². The van der Waals surface area contributed by atoms with E-state index in [9.17, 15) is 14.4 Å². The van der Waals surface area contributed by atoms with Gasteiger partial charge in [0.1, 0.15) is 12.1 Å². The van der Waals surface area contributed by atoms with Crippen molar-refractivity contribution in [2.45, 2.75) is 46.2 Å². The Morgan fingerprint density at radius 2 is 1.61 bits per heavy atom. The molecule has 0 saturated carbocycles. The minimum absolute atomic E-state index is 0.138. The molecule has 7 nitrogen and oxygen atoms in total. The monoisotopic (exact) mass is 473 g/mol. The molecule has 2 atom stereocenters. The van der Waals surface area contributed by atoms with Gasteiger partial charge in [-0.15, -0.1) is 23.2 Å². The summed E-state index contributed by atoms with van der Waals surface area (Å²) in [6, 6.07) is 6.07. The maximum Gasteiger partial charge on any atom is 0.328 e. The van der Waals surface area contributed by atoms with Gasteiger partial charge in [0.25, 0.3) is 0 Å². The molecule has 1 rings (SSSR count). The quantitative estimate of drug-likeness (QED) is 0.339. The average molecular weight is 474 g/mol. The summed E-state index contributed by atoms with van der Waals surface area (Å²) in [5, 5.41) is 5.37. The minimum atomic E-state index is -0.866. The summed E-state index contributed by atoms with van der Waals surface area (Å²) < 4.78 is 5.15. The van der Waals surface area contributed by atoms with Crippen molar-refractivity contribution in [1.82, 2.24) is 10.6 Å². The number of anilines is 1. The van der Waals surface area contributed by atoms with Gasteiger partial charge in [0.15, 0.2) is 0 Å². The van der Waals surface area contributed by atoms with E-state index in [-0.39, 0.29) is 24.9 Å². The van der Waals surface area contributed by atoms with Gasteiger partial charge in [-0.25, -0.2) is 4.79 Å². The molecule has 0 aromatic heterocycles. The predicted octanol–water partition coefficient (Wildman–Crippen LogP) is 2.72. The summed E-state index contributed by atoms with van der Waals surface area (Å²) in [4.78, 5) is 38.8. The molecule has 0 saturated heterocycles. The molecule has 174 valence electrons. The van der Waals surface area contributed by atoms with Crippen LogP contribution in [0.25, 0.3) is 0 Å². The summed E-state index contributed by atoms with van der Waals surface area (Å²) in [6.45, 7) is 8.27. The van der Waals surface area contributed by atoms with E-state index in [0.29, 0.717) is 24.8 Å². The third-order valence-corrected chi connectivity index (χ3v) is 4.98. The van der Waals surface area contributed by atoms with Gasteiger partial charge in [-0.3, -0.25) is 9.59 Å². The molecule has 1 aromatic carbocycles. The summed E-state index contributed by atoms with van der Waals surface area (Å²) in [7, 11) is 0. The van der Waals surface area contributed by atoms with E-state index in [4.69, 9.17) is 27.9 Å². The predicted molar refractivity (Wildman–Crippen MR) is 125 cm³/mol. The van der Waals surface area contributed by atoms with Gasteiger partial charge in [-0.05, 0) is 30.5 Å². The van der Waals surface area contributed by atoms with Crippen LogP contribution >= 0.6 is 23.2 Å². The number of nitrogens with zero attached hydrogens (tertiary/aromatic N) is 1. The van der Waals surface area contributed by atoms with Gasteiger partial charge in [0.05, 0.1) is 6.61 Å². The van der Waals surface area contributed by atoms with E-state index < -0.39 is 24.0 Å². The lowest BCUT2D eigenvalue weighted by Crippen LogP contribution is -2.54. The zero-order valence-corrected chi connectivity index (χ0v) is 20.1. The van der Waals surface area contributed by atoms with Crippen LogP contribution in [0.2, 0.25) is 0 Å². The van der Waals surface area contributed by atoms with E-state index >= 15 is 0 Å². The molecule has 0 bridgehead atoms. The molecule has 0 aliphatic heterocycles. The number of hydrogen-bond donors (Lipinski definition) is 2. The lowest BCUT2D eigenvalue weighted by atomic mass is 10.0. The van der Waals surface area contributed by atoms with Crippen LogP contribution in [0.1, 0.15) is 33.3 Å². The summed E-state index contributed by atoms with van der Waals surface area (Å²) >= 11 is 11.7. The number of benzene rings is 1. The molecule has 0 aliphatic rings. The number of nitrogens with one attached hydrogen (secondary N) is 2. The highest BCUT2D eigenvalue weighted by atomic mass is 35.5. The standard InChI is InChI=1S/C22H33Cl2N3O4/c1-5-31-22(30)19(26-21(29)20(15(2)3)25-16(4)28)14-17-6-8-18(9-7-17)27(12-10-23)13-11-24/h6-9,15,19-20H,5,10-14H2,1-4H3,(H,25,28)(H,26,29). The lowest BCUT2D eigenvalue weighted by molar-refractivity contribution is -0.147. The highest BCUT2D eigenvalue weighted by molar-refractivity contribution is 6.18. The zero-order chi connectivity index (χ0) is 23.4. The Bertz CT molecular complexity index is 707. The fourth-order valence-electron chi connectivity index (χ4n) is 3.10. The van der Waals surface area contributed by atoms with Crippen molar-refractivity contribution < 1.29 is 19.1 Å². The minimum Gasteiger partial charge on any atom is -0.464 e. The fraction of sp³-hybridized carbons (Fsp3) is 0.591. The van der Waals surface area contributed by atoms with Crippen molar-refractivity contribution in [1.29, 1.82) is 0 Å². The first kappa shape index (κ1) is 27.0. The molecular weight excluding hydrogens is 441 g/mol. The van der Waals surface area contributed by atoms with Crippen molar-refractivity contribution in [2.24, 2.45) is 5.92 Å². The number of alkyl halides is 2. The zero-order valence-electron chi connectivity index (χ0n) is 18.6. The van der Waals surface area contributed by atoms with Crippen molar-refractivity contribution in [3.05, 3.63) is 29.8 Å². The Balaban J connectivity index is 2.98. The molecule has 0 fully saturated rings. The number of ether oxygens (including phenoxy) is 1. The third kappa shape index (κ3) is 9.35. The average Bonchev–Trinajstić information content (AvgIpc) is 2.71. The summed E-state index contributed by atoms with van der Waals surface area (Å²) in [6.07, 6.45) is 0.265. The Morgan fingerprint density at radius 3 is 2.06 bits per heavy atom. The molecule has 9 heteroatoms. The van der Waals surface area contributed by atoms with Gasteiger partial charge in [0.2, 0.25) is 11.8 Å². The smallest absolute Gasteiger partial charge is 0.328 e. The highest BCUT2D eigenvalue weighted by Gasteiger charge is 2.29. The van der Waals surface area contributed by atoms with Crippen molar-refractivity contribution in [2.75, 3.05) is 36.4 Å². The van der Waals surface area contributed by atoms with E-state index in [0.717, 1.165) is 11.3 Å². The first-order valence-electron chi connectivity index (χ1n) is 10.4. The SMILES string of the molecule is CCOC(=O)C(Cc1ccc(N(CCCl)CCCl)cc1)NC(=O)C(NC(C)=O)C(C)C. The van der Waals surface area contributed by atoms with Crippen LogP contribution in [0.5, 0.6) is 0 Å². The van der Waals surface area contributed by atoms with Gasteiger partial charge < -0.3 is 20.3 Å². The normalized spacial score (nSPS) is 12.7. The Morgan fingerprint density at radius 1 is 1.03 bits per heavy atom. The second kappa shape index (κ2) is 14.1. The van der Waals surface area contributed by atoms with Crippen molar-refractivity contribution >= 4 is 46.7 Å². The first-order chi connectivity index (χ1) is 14.7. The molecule has 2 amide bonds. The maximum atomic E-state index is 12.8. The Labute approximate surface area is 194 Å². The lowest BCUT2D eigenvalue weighted by Gasteiger charge is -2.25. The van der Waals surface area contributed by atoms with Crippen LogP contribution in [0.4, 0.5) is 5.69 Å². The molecule has 0 radical (unpaired) electrons. The largest absolute Gasteiger partial charge is 0.464 e. The van der Waals surface area contributed by atoms with Crippen molar-refractivity contribution in [3.63, 3.8) is 0 Å². The van der Waals surface area contributed by atoms with E-state index in [1.807, 2.05) is 38.1 Å². The van der Waals surface area contributed by atoms with Gasteiger partial charge in [0, 0.05) is 43.9 Å². The summed E-state index contributed by atoms with van der Waals surface area (Å²) in [5.41, 5.74) is 1.84. The molecule has 2 unspecified atom stereocenters. The molecule has 0 heterocycles. The highest BCUT2D eigenvalue weighted by Crippen LogP contribution is 2.17. The number of hydrogen-bond acceptors (Lipinski definition) is 5. The van der Waals surface area contributed by atoms with Gasteiger partial charge in [-0.2, -0.15) is 0 Å². The molecule has 0 aliphatic carbocycles. The molecular formula is C22H33Cl2N3O4. The van der Waals surface area contributed by atoms with Crippen LogP contribution in [-0.2, 0) is 25.5 Å². The number of amides is 2. The number of carbonyl (C=O) groups is 3. The second-order valence-corrected chi connectivity index (χ2v) is 8.23.